The quantitative estimate of drug-likeness (QED) is 0.909. The van der Waals surface area contributed by atoms with Crippen molar-refractivity contribution < 1.29 is 4.74 Å². The fourth-order valence-corrected chi connectivity index (χ4v) is 3.52. The van der Waals surface area contributed by atoms with Crippen LogP contribution in [0.15, 0.2) is 24.3 Å². The van der Waals surface area contributed by atoms with Gasteiger partial charge >= 0.3 is 0 Å². The molecule has 2 fully saturated rings. The van der Waals surface area contributed by atoms with Gasteiger partial charge in [-0.05, 0) is 43.0 Å². The summed E-state index contributed by atoms with van der Waals surface area (Å²) in [5, 5.41) is 3.73. The molecule has 2 atom stereocenters. The second-order valence-electron chi connectivity index (χ2n) is 6.00. The Balaban J connectivity index is 1.61. The van der Waals surface area contributed by atoms with Gasteiger partial charge in [-0.15, -0.1) is 0 Å². The average molecular weight is 274 g/mol. The SMILES string of the molecule is CCC1CCCC1Nc1ccc(N2CCOCC2)cc1. The van der Waals surface area contributed by atoms with Gasteiger partial charge in [0.1, 0.15) is 0 Å². The molecule has 20 heavy (non-hydrogen) atoms. The molecule has 0 aromatic heterocycles. The zero-order valence-corrected chi connectivity index (χ0v) is 12.5. The first-order chi connectivity index (χ1) is 9.86. The molecule has 0 radical (unpaired) electrons. The number of nitrogens with one attached hydrogen (secondary N) is 1. The van der Waals surface area contributed by atoms with Gasteiger partial charge in [0.15, 0.2) is 0 Å². The van der Waals surface area contributed by atoms with Gasteiger partial charge in [-0.1, -0.05) is 19.8 Å². The Morgan fingerprint density at radius 1 is 1.15 bits per heavy atom. The van der Waals surface area contributed by atoms with Crippen LogP contribution in [0.2, 0.25) is 0 Å². The van der Waals surface area contributed by atoms with Crippen LogP contribution < -0.4 is 10.2 Å². The molecule has 1 saturated carbocycles. The Bertz CT molecular complexity index is 412. The van der Waals surface area contributed by atoms with Crippen LogP contribution in [0.25, 0.3) is 0 Å². The molecule has 1 heterocycles. The standard InChI is InChI=1S/C17H26N2O/c1-2-14-4-3-5-17(14)18-15-6-8-16(9-7-15)19-10-12-20-13-11-19/h6-9,14,17-18H,2-5,10-13H2,1H3. The highest BCUT2D eigenvalue weighted by Gasteiger charge is 2.25. The van der Waals surface area contributed by atoms with Gasteiger partial charge in [0, 0.05) is 30.5 Å². The number of hydrogen-bond donors (Lipinski definition) is 1. The van der Waals surface area contributed by atoms with E-state index in [1.165, 1.54) is 37.1 Å². The van der Waals surface area contributed by atoms with Crippen molar-refractivity contribution in [3.05, 3.63) is 24.3 Å². The Labute approximate surface area is 122 Å². The largest absolute Gasteiger partial charge is 0.382 e. The van der Waals surface area contributed by atoms with Gasteiger partial charge in [0.25, 0.3) is 0 Å². The Kier molecular flexibility index (Phi) is 4.46. The molecule has 3 rings (SSSR count). The molecule has 1 aromatic carbocycles. The average Bonchev–Trinajstić information content (AvgIpc) is 2.96. The fourth-order valence-electron chi connectivity index (χ4n) is 3.52. The fraction of sp³-hybridized carbons (Fsp3) is 0.647. The summed E-state index contributed by atoms with van der Waals surface area (Å²) >= 11 is 0. The van der Waals surface area contributed by atoms with E-state index in [-0.39, 0.29) is 0 Å². The minimum Gasteiger partial charge on any atom is -0.382 e. The summed E-state index contributed by atoms with van der Waals surface area (Å²) in [6.45, 7) is 6.02. The number of hydrogen-bond acceptors (Lipinski definition) is 3. The molecule has 1 N–H and O–H groups in total. The molecule has 3 nitrogen and oxygen atoms in total. The van der Waals surface area contributed by atoms with Crippen LogP contribution >= 0.6 is 0 Å². The van der Waals surface area contributed by atoms with E-state index in [9.17, 15) is 0 Å². The van der Waals surface area contributed by atoms with Crippen LogP contribution in [0.1, 0.15) is 32.6 Å². The second-order valence-corrected chi connectivity index (χ2v) is 6.00. The van der Waals surface area contributed by atoms with Crippen LogP contribution in [0.3, 0.4) is 0 Å². The van der Waals surface area contributed by atoms with E-state index >= 15 is 0 Å². The maximum Gasteiger partial charge on any atom is 0.0642 e. The van der Waals surface area contributed by atoms with Crippen molar-refractivity contribution in [3.8, 4) is 0 Å². The van der Waals surface area contributed by atoms with Crippen molar-refractivity contribution in [3.63, 3.8) is 0 Å². The predicted octanol–water partition coefficient (Wildman–Crippen LogP) is 3.51. The molecule has 1 aromatic rings. The van der Waals surface area contributed by atoms with Gasteiger partial charge in [0.05, 0.1) is 13.2 Å². The highest BCUT2D eigenvalue weighted by Crippen LogP contribution is 2.31. The lowest BCUT2D eigenvalue weighted by Crippen LogP contribution is -2.36. The van der Waals surface area contributed by atoms with Gasteiger partial charge in [-0.2, -0.15) is 0 Å². The van der Waals surface area contributed by atoms with Crippen LogP contribution in [-0.4, -0.2) is 32.3 Å². The minimum atomic E-state index is 0.675. The van der Waals surface area contributed by atoms with Gasteiger partial charge in [0.2, 0.25) is 0 Å². The Morgan fingerprint density at radius 2 is 1.90 bits per heavy atom. The Morgan fingerprint density at radius 3 is 2.60 bits per heavy atom. The van der Waals surface area contributed by atoms with Crippen molar-refractivity contribution in [1.82, 2.24) is 0 Å². The van der Waals surface area contributed by atoms with E-state index in [2.05, 4.69) is 41.4 Å². The molecule has 1 aliphatic carbocycles. The highest BCUT2D eigenvalue weighted by atomic mass is 16.5. The lowest BCUT2D eigenvalue weighted by atomic mass is 10.0. The molecule has 1 saturated heterocycles. The molecular formula is C17H26N2O. The van der Waals surface area contributed by atoms with Crippen molar-refractivity contribution >= 4 is 11.4 Å². The van der Waals surface area contributed by atoms with Crippen LogP contribution in [0, 0.1) is 5.92 Å². The van der Waals surface area contributed by atoms with Gasteiger partial charge in [-0.3, -0.25) is 0 Å². The lowest BCUT2D eigenvalue weighted by molar-refractivity contribution is 0.122. The van der Waals surface area contributed by atoms with Crippen molar-refractivity contribution in [2.75, 3.05) is 36.5 Å². The maximum atomic E-state index is 5.40. The summed E-state index contributed by atoms with van der Waals surface area (Å²) in [5.41, 5.74) is 2.59. The van der Waals surface area contributed by atoms with Crippen LogP contribution in [0.5, 0.6) is 0 Å². The third-order valence-electron chi connectivity index (χ3n) is 4.78. The zero-order valence-electron chi connectivity index (χ0n) is 12.5. The van der Waals surface area contributed by atoms with Gasteiger partial charge in [-0.25, -0.2) is 0 Å². The maximum absolute atomic E-state index is 5.40. The van der Waals surface area contributed by atoms with Crippen molar-refractivity contribution in [2.24, 2.45) is 5.92 Å². The summed E-state index contributed by atoms with van der Waals surface area (Å²) in [5.74, 6) is 0.855. The van der Waals surface area contributed by atoms with E-state index in [1.807, 2.05) is 0 Å². The highest BCUT2D eigenvalue weighted by molar-refractivity contribution is 5.55. The van der Waals surface area contributed by atoms with E-state index in [1.54, 1.807) is 0 Å². The van der Waals surface area contributed by atoms with E-state index < -0.39 is 0 Å². The predicted molar refractivity (Wildman–Crippen MR) is 84.5 cm³/mol. The van der Waals surface area contributed by atoms with E-state index in [0.717, 1.165) is 32.2 Å². The monoisotopic (exact) mass is 274 g/mol. The summed E-state index contributed by atoms with van der Waals surface area (Å²) in [6.07, 6.45) is 5.38. The normalized spacial score (nSPS) is 26.8. The molecule has 2 unspecified atom stereocenters. The first-order valence-corrected chi connectivity index (χ1v) is 8.06. The number of rotatable bonds is 4. The number of nitrogens with zero attached hydrogens (tertiary/aromatic N) is 1. The summed E-state index contributed by atoms with van der Waals surface area (Å²) in [7, 11) is 0. The first-order valence-electron chi connectivity index (χ1n) is 8.06. The smallest absolute Gasteiger partial charge is 0.0642 e. The topological polar surface area (TPSA) is 24.5 Å². The summed E-state index contributed by atoms with van der Waals surface area (Å²) < 4.78 is 5.40. The van der Waals surface area contributed by atoms with Crippen molar-refractivity contribution in [2.45, 2.75) is 38.6 Å². The molecule has 0 amide bonds. The molecule has 2 aliphatic rings. The number of morpholine rings is 1. The molecular weight excluding hydrogens is 248 g/mol. The molecule has 110 valence electrons. The second kappa shape index (κ2) is 6.49. The number of benzene rings is 1. The summed E-state index contributed by atoms with van der Waals surface area (Å²) in [4.78, 5) is 2.40. The third-order valence-corrected chi connectivity index (χ3v) is 4.78. The minimum absolute atomic E-state index is 0.675. The molecule has 0 spiro atoms. The van der Waals surface area contributed by atoms with Crippen LogP contribution in [-0.2, 0) is 4.74 Å². The van der Waals surface area contributed by atoms with E-state index in [0.29, 0.717) is 6.04 Å². The zero-order chi connectivity index (χ0) is 13.8. The number of ether oxygens (including phenoxy) is 1. The first kappa shape index (κ1) is 13.7. The molecule has 1 aliphatic heterocycles. The number of anilines is 2. The van der Waals surface area contributed by atoms with Crippen molar-refractivity contribution in [1.29, 1.82) is 0 Å². The lowest BCUT2D eigenvalue weighted by Gasteiger charge is -2.29. The third kappa shape index (κ3) is 3.09. The summed E-state index contributed by atoms with van der Waals surface area (Å²) in [6, 6.07) is 9.62. The van der Waals surface area contributed by atoms with Crippen LogP contribution in [0.4, 0.5) is 11.4 Å². The molecule has 3 heteroatoms. The van der Waals surface area contributed by atoms with Gasteiger partial charge < -0.3 is 15.0 Å². The molecule has 0 bridgehead atoms. The van der Waals surface area contributed by atoms with E-state index in [4.69, 9.17) is 4.74 Å². The Hall–Kier alpha value is -1.22.